The van der Waals surface area contributed by atoms with Crippen LogP contribution in [0.25, 0.3) is 0 Å². The lowest BCUT2D eigenvalue weighted by atomic mass is 10.3. The maximum Gasteiger partial charge on any atom is 0.143 e. The van der Waals surface area contributed by atoms with Crippen molar-refractivity contribution in [2.45, 2.75) is 16.2 Å². The van der Waals surface area contributed by atoms with E-state index in [1.807, 2.05) is 48.5 Å². The standard InChI is InChI=1S/C16H14Cl2OS2/c17-12-1-5-15(6-2-12)20-10-9-14(19)11-21-16-7-3-13(18)4-8-16/h1-8H,9-11H2. The molecule has 0 aliphatic rings. The van der Waals surface area contributed by atoms with Crippen molar-refractivity contribution in [2.24, 2.45) is 0 Å². The van der Waals surface area contributed by atoms with Crippen molar-refractivity contribution in [3.05, 3.63) is 58.6 Å². The van der Waals surface area contributed by atoms with E-state index in [0.717, 1.165) is 20.6 Å². The van der Waals surface area contributed by atoms with Crippen molar-refractivity contribution in [3.63, 3.8) is 0 Å². The molecule has 0 aliphatic heterocycles. The fraction of sp³-hybridized carbons (Fsp3) is 0.188. The lowest BCUT2D eigenvalue weighted by Gasteiger charge is -2.03. The number of rotatable bonds is 7. The number of ketones is 1. The summed E-state index contributed by atoms with van der Waals surface area (Å²) >= 11 is 14.9. The Bertz CT molecular complexity index is 582. The summed E-state index contributed by atoms with van der Waals surface area (Å²) < 4.78 is 0. The fourth-order valence-electron chi connectivity index (χ4n) is 1.58. The van der Waals surface area contributed by atoms with Crippen molar-refractivity contribution in [3.8, 4) is 0 Å². The molecule has 110 valence electrons. The number of carbonyl (C=O) groups excluding carboxylic acids is 1. The third kappa shape index (κ3) is 6.35. The second-order valence-corrected chi connectivity index (χ2v) is 7.42. The lowest BCUT2D eigenvalue weighted by Crippen LogP contribution is -2.02. The van der Waals surface area contributed by atoms with Gasteiger partial charge in [-0.3, -0.25) is 4.79 Å². The van der Waals surface area contributed by atoms with E-state index in [9.17, 15) is 4.79 Å². The minimum atomic E-state index is 0.261. The molecule has 2 rings (SSSR count). The summed E-state index contributed by atoms with van der Waals surface area (Å²) in [6, 6.07) is 15.2. The van der Waals surface area contributed by atoms with Crippen LogP contribution in [0.5, 0.6) is 0 Å². The molecule has 0 saturated heterocycles. The number of thioether (sulfide) groups is 2. The first kappa shape index (κ1) is 16.8. The Morgan fingerprint density at radius 2 is 1.29 bits per heavy atom. The Hall–Kier alpha value is -0.610. The van der Waals surface area contributed by atoms with E-state index in [-0.39, 0.29) is 5.78 Å². The predicted molar refractivity (Wildman–Crippen MR) is 94.0 cm³/mol. The van der Waals surface area contributed by atoms with Gasteiger partial charge in [0.1, 0.15) is 5.78 Å². The van der Waals surface area contributed by atoms with Gasteiger partial charge in [-0.2, -0.15) is 0 Å². The minimum absolute atomic E-state index is 0.261. The molecule has 0 saturated carbocycles. The Morgan fingerprint density at radius 3 is 1.81 bits per heavy atom. The molecule has 0 heterocycles. The number of hydrogen-bond donors (Lipinski definition) is 0. The number of carbonyl (C=O) groups is 1. The Labute approximate surface area is 143 Å². The lowest BCUT2D eigenvalue weighted by molar-refractivity contribution is -0.116. The van der Waals surface area contributed by atoms with Gasteiger partial charge in [0.25, 0.3) is 0 Å². The normalized spacial score (nSPS) is 10.6. The van der Waals surface area contributed by atoms with Crippen molar-refractivity contribution in [1.29, 1.82) is 0 Å². The highest BCUT2D eigenvalue weighted by atomic mass is 35.5. The highest BCUT2D eigenvalue weighted by Gasteiger charge is 2.04. The molecule has 0 atom stereocenters. The van der Waals surface area contributed by atoms with E-state index in [1.54, 1.807) is 23.5 Å². The molecule has 0 radical (unpaired) electrons. The van der Waals surface area contributed by atoms with Gasteiger partial charge >= 0.3 is 0 Å². The van der Waals surface area contributed by atoms with Crippen LogP contribution in [0.2, 0.25) is 10.0 Å². The van der Waals surface area contributed by atoms with Gasteiger partial charge in [-0.05, 0) is 48.5 Å². The highest BCUT2D eigenvalue weighted by molar-refractivity contribution is 8.00. The van der Waals surface area contributed by atoms with E-state index < -0.39 is 0 Å². The summed E-state index contributed by atoms with van der Waals surface area (Å²) in [5.74, 6) is 1.56. The molecular formula is C16H14Cl2OS2. The fourth-order valence-corrected chi connectivity index (χ4v) is 3.53. The molecular weight excluding hydrogens is 343 g/mol. The third-order valence-corrected chi connectivity index (χ3v) is 5.27. The summed E-state index contributed by atoms with van der Waals surface area (Å²) in [6.07, 6.45) is 0.577. The van der Waals surface area contributed by atoms with Gasteiger partial charge in [-0.1, -0.05) is 23.2 Å². The Kier molecular flexibility index (Phi) is 6.97. The third-order valence-electron chi connectivity index (χ3n) is 2.68. The molecule has 0 fully saturated rings. The summed E-state index contributed by atoms with van der Waals surface area (Å²) in [5.41, 5.74) is 0. The average Bonchev–Trinajstić information content (AvgIpc) is 2.49. The zero-order valence-corrected chi connectivity index (χ0v) is 14.4. The molecule has 21 heavy (non-hydrogen) atoms. The number of benzene rings is 2. The van der Waals surface area contributed by atoms with E-state index in [2.05, 4.69) is 0 Å². The van der Waals surface area contributed by atoms with Crippen LogP contribution in [0.3, 0.4) is 0 Å². The number of hydrogen-bond acceptors (Lipinski definition) is 3. The van der Waals surface area contributed by atoms with E-state index in [1.165, 1.54) is 0 Å². The second-order valence-electron chi connectivity index (χ2n) is 4.33. The summed E-state index contributed by atoms with van der Waals surface area (Å²) in [4.78, 5) is 14.1. The van der Waals surface area contributed by atoms with Crippen molar-refractivity contribution >= 4 is 52.5 Å². The zero-order valence-electron chi connectivity index (χ0n) is 11.2. The van der Waals surface area contributed by atoms with Crippen LogP contribution in [0.15, 0.2) is 58.3 Å². The van der Waals surface area contributed by atoms with Gasteiger partial charge in [-0.25, -0.2) is 0 Å². The van der Waals surface area contributed by atoms with Gasteiger partial charge in [0.05, 0.1) is 5.75 Å². The maximum absolute atomic E-state index is 11.8. The summed E-state index contributed by atoms with van der Waals surface area (Å²) in [7, 11) is 0. The molecule has 2 aromatic carbocycles. The molecule has 0 aromatic heterocycles. The molecule has 5 heteroatoms. The van der Waals surface area contributed by atoms with Gasteiger partial charge < -0.3 is 0 Å². The van der Waals surface area contributed by atoms with Crippen LogP contribution in [0.4, 0.5) is 0 Å². The monoisotopic (exact) mass is 356 g/mol. The largest absolute Gasteiger partial charge is 0.299 e. The van der Waals surface area contributed by atoms with Gasteiger partial charge in [0, 0.05) is 32.0 Å². The molecule has 0 unspecified atom stereocenters. The quantitative estimate of drug-likeness (QED) is 0.580. The average molecular weight is 357 g/mol. The van der Waals surface area contributed by atoms with Crippen LogP contribution in [0.1, 0.15) is 6.42 Å². The molecule has 0 bridgehead atoms. The highest BCUT2D eigenvalue weighted by Crippen LogP contribution is 2.23. The molecule has 2 aromatic rings. The minimum Gasteiger partial charge on any atom is -0.299 e. The van der Waals surface area contributed by atoms with E-state index in [4.69, 9.17) is 23.2 Å². The first-order valence-corrected chi connectivity index (χ1v) is 9.14. The first-order chi connectivity index (χ1) is 10.1. The topological polar surface area (TPSA) is 17.1 Å². The summed E-state index contributed by atoms with van der Waals surface area (Å²) in [5, 5.41) is 1.44. The van der Waals surface area contributed by atoms with Gasteiger partial charge in [0.2, 0.25) is 0 Å². The number of Topliss-reactive ketones (excluding diaryl/α,β-unsaturated/α-hetero) is 1. The van der Waals surface area contributed by atoms with Crippen LogP contribution in [-0.4, -0.2) is 17.3 Å². The zero-order chi connectivity index (χ0) is 15.1. The maximum atomic E-state index is 11.8. The molecule has 0 amide bonds. The van der Waals surface area contributed by atoms with Gasteiger partial charge in [0.15, 0.2) is 0 Å². The smallest absolute Gasteiger partial charge is 0.143 e. The van der Waals surface area contributed by atoms with Crippen molar-refractivity contribution < 1.29 is 4.79 Å². The first-order valence-electron chi connectivity index (χ1n) is 6.42. The van der Waals surface area contributed by atoms with Crippen LogP contribution in [0, 0.1) is 0 Å². The molecule has 0 aliphatic carbocycles. The molecule has 0 spiro atoms. The van der Waals surface area contributed by atoms with Crippen LogP contribution < -0.4 is 0 Å². The predicted octanol–water partition coefficient (Wildman–Crippen LogP) is 5.84. The molecule has 1 nitrogen and oxygen atoms in total. The van der Waals surface area contributed by atoms with Crippen molar-refractivity contribution in [1.82, 2.24) is 0 Å². The van der Waals surface area contributed by atoms with E-state index in [0.29, 0.717) is 17.2 Å². The Morgan fingerprint density at radius 1 is 0.810 bits per heavy atom. The SMILES string of the molecule is O=C(CCSc1ccc(Cl)cc1)CSc1ccc(Cl)cc1. The summed E-state index contributed by atoms with van der Waals surface area (Å²) in [6.45, 7) is 0. The molecule has 0 N–H and O–H groups in total. The van der Waals surface area contributed by atoms with Crippen LogP contribution in [-0.2, 0) is 4.79 Å². The van der Waals surface area contributed by atoms with E-state index >= 15 is 0 Å². The van der Waals surface area contributed by atoms with Crippen molar-refractivity contribution in [2.75, 3.05) is 11.5 Å². The van der Waals surface area contributed by atoms with Crippen LogP contribution >= 0.6 is 46.7 Å². The Balaban J connectivity index is 1.67. The van der Waals surface area contributed by atoms with Gasteiger partial charge in [-0.15, -0.1) is 23.5 Å². The second kappa shape index (κ2) is 8.74. The number of halogens is 2.